The van der Waals surface area contributed by atoms with Gasteiger partial charge in [-0.05, 0) is 19.1 Å². The van der Waals surface area contributed by atoms with Crippen molar-refractivity contribution in [3.8, 4) is 0 Å². The Balaban J connectivity index is 3.42. The topological polar surface area (TPSA) is 22.0 Å². The normalized spacial score (nSPS) is 10.1. The van der Waals surface area contributed by atoms with Gasteiger partial charge in [-0.15, -0.1) is 11.3 Å². The number of hydrogen-bond acceptors (Lipinski definition) is 3. The van der Waals surface area contributed by atoms with E-state index in [1.165, 1.54) is 11.3 Å². The van der Waals surface area contributed by atoms with E-state index in [4.69, 9.17) is 12.2 Å². The molecule has 1 heterocycles. The van der Waals surface area contributed by atoms with Crippen LogP contribution in [0.2, 0.25) is 0 Å². The number of thiazole rings is 1. The van der Waals surface area contributed by atoms with E-state index < -0.39 is 0 Å². The maximum Gasteiger partial charge on any atom is 0.171 e. The summed E-state index contributed by atoms with van der Waals surface area (Å²) in [5, 5.41) is 0. The smallest absolute Gasteiger partial charge is 0.171 e. The van der Waals surface area contributed by atoms with Gasteiger partial charge in [-0.3, -0.25) is 4.79 Å². The summed E-state index contributed by atoms with van der Waals surface area (Å²) in [6.07, 6.45) is 0. The minimum absolute atomic E-state index is 0.0965. The van der Waals surface area contributed by atoms with Gasteiger partial charge < -0.3 is 4.57 Å². The van der Waals surface area contributed by atoms with E-state index in [1.807, 2.05) is 18.5 Å². The SMILES string of the molecule is CC(=O)c1sc(=S)n(C)c1C. The lowest BCUT2D eigenvalue weighted by Gasteiger charge is -1.94. The number of carbonyl (C=O) groups is 1. The Morgan fingerprint density at radius 1 is 1.64 bits per heavy atom. The molecule has 11 heavy (non-hydrogen) atoms. The van der Waals surface area contributed by atoms with Crippen LogP contribution in [0, 0.1) is 10.9 Å². The Hall–Kier alpha value is -0.480. The summed E-state index contributed by atoms with van der Waals surface area (Å²) in [6, 6.07) is 0. The Morgan fingerprint density at radius 2 is 2.18 bits per heavy atom. The van der Waals surface area contributed by atoms with Crippen LogP contribution in [0.3, 0.4) is 0 Å². The molecule has 0 aromatic carbocycles. The molecule has 60 valence electrons. The van der Waals surface area contributed by atoms with Crippen LogP contribution in [0.5, 0.6) is 0 Å². The number of Topliss-reactive ketones (excluding diaryl/α,β-unsaturated/α-hetero) is 1. The number of carbonyl (C=O) groups excluding carboxylic acids is 1. The van der Waals surface area contributed by atoms with Crippen LogP contribution in [0.1, 0.15) is 22.3 Å². The number of nitrogens with zero attached hydrogens (tertiary/aromatic N) is 1. The zero-order chi connectivity index (χ0) is 8.59. The second-order valence-corrected chi connectivity index (χ2v) is 4.04. The molecule has 4 heteroatoms. The molecular formula is C7H9NOS2. The quantitative estimate of drug-likeness (QED) is 0.497. The highest BCUT2D eigenvalue weighted by molar-refractivity contribution is 7.73. The maximum atomic E-state index is 11.0. The maximum absolute atomic E-state index is 11.0. The molecule has 0 aliphatic heterocycles. The minimum Gasteiger partial charge on any atom is -0.330 e. The average Bonchev–Trinajstić information content (AvgIpc) is 2.17. The molecule has 0 bridgehead atoms. The van der Waals surface area contributed by atoms with E-state index in [1.54, 1.807) is 6.92 Å². The zero-order valence-corrected chi connectivity index (χ0v) is 8.30. The van der Waals surface area contributed by atoms with Crippen molar-refractivity contribution < 1.29 is 4.79 Å². The number of hydrogen-bond donors (Lipinski definition) is 0. The molecule has 0 unspecified atom stereocenters. The van der Waals surface area contributed by atoms with Crippen LogP contribution in [0.4, 0.5) is 0 Å². The van der Waals surface area contributed by atoms with Crippen molar-refractivity contribution >= 4 is 29.3 Å². The molecule has 0 aliphatic rings. The summed E-state index contributed by atoms with van der Waals surface area (Å²) in [5.41, 5.74) is 0.965. The average molecular weight is 187 g/mol. The molecule has 0 radical (unpaired) electrons. The van der Waals surface area contributed by atoms with Crippen LogP contribution in [-0.2, 0) is 7.05 Å². The van der Waals surface area contributed by atoms with Crippen LogP contribution >= 0.6 is 23.6 Å². The molecule has 0 N–H and O–H groups in total. The van der Waals surface area contributed by atoms with Crippen molar-refractivity contribution in [2.45, 2.75) is 13.8 Å². The van der Waals surface area contributed by atoms with Crippen molar-refractivity contribution in [1.82, 2.24) is 4.57 Å². The lowest BCUT2D eigenvalue weighted by molar-refractivity contribution is 0.102. The van der Waals surface area contributed by atoms with Crippen molar-refractivity contribution in [2.24, 2.45) is 7.05 Å². The molecule has 0 saturated carbocycles. The molecule has 2 nitrogen and oxygen atoms in total. The van der Waals surface area contributed by atoms with E-state index in [2.05, 4.69) is 0 Å². The second-order valence-electron chi connectivity index (χ2n) is 2.40. The lowest BCUT2D eigenvalue weighted by Crippen LogP contribution is -1.95. The summed E-state index contributed by atoms with van der Waals surface area (Å²) >= 11 is 6.39. The second kappa shape index (κ2) is 2.87. The van der Waals surface area contributed by atoms with Gasteiger partial charge in [0.15, 0.2) is 9.74 Å². The van der Waals surface area contributed by atoms with Gasteiger partial charge in [-0.25, -0.2) is 0 Å². The Bertz CT molecular complexity index is 348. The highest BCUT2D eigenvalue weighted by atomic mass is 32.1. The fraction of sp³-hybridized carbons (Fsp3) is 0.429. The van der Waals surface area contributed by atoms with E-state index >= 15 is 0 Å². The molecule has 0 amide bonds. The molecule has 0 saturated heterocycles. The van der Waals surface area contributed by atoms with Gasteiger partial charge in [0, 0.05) is 19.7 Å². The highest BCUT2D eigenvalue weighted by Crippen LogP contribution is 2.17. The third-order valence-electron chi connectivity index (χ3n) is 1.61. The predicted octanol–water partition coefficient (Wildman–Crippen LogP) is 2.33. The lowest BCUT2D eigenvalue weighted by atomic mass is 10.3. The summed E-state index contributed by atoms with van der Waals surface area (Å²) in [4.78, 5) is 11.8. The first-order chi connectivity index (χ1) is 5.04. The molecule has 0 aliphatic carbocycles. The zero-order valence-electron chi connectivity index (χ0n) is 6.67. The Labute approximate surface area is 74.5 Å². The van der Waals surface area contributed by atoms with Gasteiger partial charge in [0.25, 0.3) is 0 Å². The number of aromatic nitrogens is 1. The summed E-state index contributed by atoms with van der Waals surface area (Å²) in [6.45, 7) is 3.47. The van der Waals surface area contributed by atoms with E-state index in [-0.39, 0.29) is 5.78 Å². The summed E-state index contributed by atoms with van der Waals surface area (Å²) in [7, 11) is 1.88. The first-order valence-electron chi connectivity index (χ1n) is 3.21. The molecular weight excluding hydrogens is 178 g/mol. The van der Waals surface area contributed by atoms with Gasteiger partial charge in [0.05, 0.1) is 4.88 Å². The Morgan fingerprint density at radius 3 is 2.36 bits per heavy atom. The van der Waals surface area contributed by atoms with Crippen molar-refractivity contribution in [3.05, 3.63) is 14.5 Å². The molecule has 1 aromatic rings. The standard InChI is InChI=1S/C7H9NOS2/c1-4-6(5(2)9)11-7(10)8(4)3/h1-3H3. The van der Waals surface area contributed by atoms with Crippen LogP contribution in [-0.4, -0.2) is 10.4 Å². The van der Waals surface area contributed by atoms with E-state index in [9.17, 15) is 4.79 Å². The van der Waals surface area contributed by atoms with Gasteiger partial charge >= 0.3 is 0 Å². The van der Waals surface area contributed by atoms with Gasteiger partial charge in [-0.1, -0.05) is 0 Å². The third-order valence-corrected chi connectivity index (χ3v) is 3.37. The van der Waals surface area contributed by atoms with Gasteiger partial charge in [0.2, 0.25) is 0 Å². The van der Waals surface area contributed by atoms with E-state index in [0.717, 1.165) is 14.5 Å². The number of rotatable bonds is 1. The van der Waals surface area contributed by atoms with Crippen LogP contribution < -0.4 is 0 Å². The molecule has 1 aromatic heterocycles. The molecule has 0 spiro atoms. The van der Waals surface area contributed by atoms with Crippen molar-refractivity contribution in [1.29, 1.82) is 0 Å². The summed E-state index contributed by atoms with van der Waals surface area (Å²) in [5.74, 6) is 0.0965. The third kappa shape index (κ3) is 1.41. The van der Waals surface area contributed by atoms with Gasteiger partial charge in [-0.2, -0.15) is 0 Å². The van der Waals surface area contributed by atoms with E-state index in [0.29, 0.717) is 0 Å². The first kappa shape index (κ1) is 8.62. The largest absolute Gasteiger partial charge is 0.330 e. The molecule has 0 atom stereocenters. The number of ketones is 1. The minimum atomic E-state index is 0.0965. The van der Waals surface area contributed by atoms with Crippen LogP contribution in [0.15, 0.2) is 0 Å². The molecule has 0 fully saturated rings. The Kier molecular flexibility index (Phi) is 2.25. The van der Waals surface area contributed by atoms with Gasteiger partial charge in [0.1, 0.15) is 0 Å². The fourth-order valence-corrected chi connectivity index (χ4v) is 2.11. The molecule has 1 rings (SSSR count). The van der Waals surface area contributed by atoms with Crippen LogP contribution in [0.25, 0.3) is 0 Å². The fourth-order valence-electron chi connectivity index (χ4n) is 0.845. The summed E-state index contributed by atoms with van der Waals surface area (Å²) < 4.78 is 2.62. The highest BCUT2D eigenvalue weighted by Gasteiger charge is 2.08. The first-order valence-corrected chi connectivity index (χ1v) is 4.44. The predicted molar refractivity (Wildman–Crippen MR) is 48.9 cm³/mol. The van der Waals surface area contributed by atoms with Crippen molar-refractivity contribution in [2.75, 3.05) is 0 Å². The monoisotopic (exact) mass is 187 g/mol. The van der Waals surface area contributed by atoms with Crippen molar-refractivity contribution in [3.63, 3.8) is 0 Å².